The maximum Gasteiger partial charge on any atom is 0.412 e. The molecule has 0 aliphatic heterocycles. The largest absolute Gasteiger partial charge is 0.493 e. The number of fused-ring (bicyclic) bond motifs is 3. The van der Waals surface area contributed by atoms with E-state index in [1.165, 1.54) is 6.07 Å². The molecular formula is C33H31NO9. The Morgan fingerprint density at radius 1 is 0.791 bits per heavy atom. The molecule has 10 heteroatoms. The molecular weight excluding hydrogens is 554 g/mol. The highest BCUT2D eigenvalue weighted by molar-refractivity contribution is 5.90. The molecule has 3 aromatic heterocycles. The van der Waals surface area contributed by atoms with Crippen LogP contribution in [0.5, 0.6) is 11.5 Å². The van der Waals surface area contributed by atoms with Crippen LogP contribution in [0.15, 0.2) is 78.7 Å². The molecule has 2 N–H and O–H groups in total. The zero-order chi connectivity index (χ0) is 30.7. The molecule has 0 spiro atoms. The average molecular weight is 586 g/mol. The molecule has 0 unspecified atom stereocenters. The highest BCUT2D eigenvalue weighted by Crippen LogP contribution is 2.31. The third-order valence-electron chi connectivity index (χ3n) is 6.69. The zero-order valence-electron chi connectivity index (χ0n) is 24.4. The summed E-state index contributed by atoms with van der Waals surface area (Å²) in [6.45, 7) is 5.66. The fourth-order valence-corrected chi connectivity index (χ4v) is 4.78. The molecule has 6 rings (SSSR count). The number of ether oxygens (including phenoxy) is 3. The van der Waals surface area contributed by atoms with Gasteiger partial charge in [-0.1, -0.05) is 0 Å². The number of hydrogen-bond donors (Lipinski definition) is 2. The molecule has 43 heavy (non-hydrogen) atoms. The monoisotopic (exact) mass is 585 g/mol. The van der Waals surface area contributed by atoms with Crippen LogP contribution in [0.2, 0.25) is 0 Å². The van der Waals surface area contributed by atoms with Crippen molar-refractivity contribution in [3.05, 3.63) is 99.3 Å². The van der Waals surface area contributed by atoms with E-state index in [4.69, 9.17) is 32.6 Å². The standard InChI is InChI=1S/C22H19NO6.C11H12O3/c1-12-6-14-9-16(28-21(14)19(7-12)26-3)11-27-22(25)23-15-4-5-17-13(2)8-20(24)29-18(17)10-15;1-7-3-8-5-9(6-12)14-11(8)10(4-7)13-2/h4-10H,11H2,1-3H3,(H,23,25);3-5,12H,6H2,1-2H3. The molecule has 0 saturated carbocycles. The molecule has 1 amide bonds. The Bertz CT molecular complexity index is 2000. The lowest BCUT2D eigenvalue weighted by Gasteiger charge is -2.07. The molecule has 0 atom stereocenters. The molecule has 6 aromatic rings. The van der Waals surface area contributed by atoms with Crippen LogP contribution in [0.4, 0.5) is 10.5 Å². The van der Waals surface area contributed by atoms with E-state index in [-0.39, 0.29) is 13.2 Å². The van der Waals surface area contributed by atoms with Gasteiger partial charge in [-0.15, -0.1) is 0 Å². The molecule has 10 nitrogen and oxygen atoms in total. The van der Waals surface area contributed by atoms with E-state index in [2.05, 4.69) is 5.32 Å². The lowest BCUT2D eigenvalue weighted by molar-refractivity contribution is 0.147. The molecule has 222 valence electrons. The minimum absolute atomic E-state index is 0.0372. The van der Waals surface area contributed by atoms with E-state index in [1.807, 2.05) is 57.2 Å². The molecule has 0 bridgehead atoms. The van der Waals surface area contributed by atoms with Crippen molar-refractivity contribution in [1.82, 2.24) is 0 Å². The number of anilines is 1. The predicted molar refractivity (Wildman–Crippen MR) is 162 cm³/mol. The minimum Gasteiger partial charge on any atom is -0.493 e. The van der Waals surface area contributed by atoms with Crippen molar-refractivity contribution in [2.75, 3.05) is 19.5 Å². The highest BCUT2D eigenvalue weighted by Gasteiger charge is 2.13. The summed E-state index contributed by atoms with van der Waals surface area (Å²) in [5.74, 6) is 2.39. The smallest absolute Gasteiger partial charge is 0.412 e. The topological polar surface area (TPSA) is 134 Å². The number of aliphatic hydroxyl groups excluding tert-OH is 1. The summed E-state index contributed by atoms with van der Waals surface area (Å²) in [6.07, 6.45) is -0.650. The number of amides is 1. The van der Waals surface area contributed by atoms with Gasteiger partial charge in [-0.05, 0) is 86.0 Å². The van der Waals surface area contributed by atoms with Gasteiger partial charge < -0.3 is 32.6 Å². The summed E-state index contributed by atoms with van der Waals surface area (Å²) in [4.78, 5) is 23.7. The SMILES string of the molecule is COc1cc(C)cc2cc(CO)oc12.COc1cc(C)cc2cc(COC(=O)Nc3ccc4c(C)cc(=O)oc4c3)oc12. The maximum atomic E-state index is 12.2. The van der Waals surface area contributed by atoms with E-state index in [1.54, 1.807) is 32.4 Å². The molecule has 0 fully saturated rings. The number of methoxy groups -OCH3 is 2. The lowest BCUT2D eigenvalue weighted by Crippen LogP contribution is -2.13. The fourth-order valence-electron chi connectivity index (χ4n) is 4.78. The molecule has 0 radical (unpaired) electrons. The van der Waals surface area contributed by atoms with Gasteiger partial charge in [-0.3, -0.25) is 5.32 Å². The number of nitrogens with one attached hydrogen (secondary N) is 1. The quantitative estimate of drug-likeness (QED) is 0.195. The van der Waals surface area contributed by atoms with Crippen LogP contribution in [0.25, 0.3) is 32.9 Å². The second kappa shape index (κ2) is 12.3. The van der Waals surface area contributed by atoms with Crippen LogP contribution in [-0.2, 0) is 18.0 Å². The van der Waals surface area contributed by atoms with Gasteiger partial charge in [0.05, 0.1) is 14.2 Å². The first-order chi connectivity index (χ1) is 20.7. The van der Waals surface area contributed by atoms with Gasteiger partial charge in [-0.25, -0.2) is 9.59 Å². The Morgan fingerprint density at radius 2 is 1.40 bits per heavy atom. The third-order valence-corrected chi connectivity index (χ3v) is 6.69. The highest BCUT2D eigenvalue weighted by atomic mass is 16.6. The number of rotatable bonds is 6. The van der Waals surface area contributed by atoms with Crippen LogP contribution >= 0.6 is 0 Å². The molecule has 0 saturated heterocycles. The fraction of sp³-hybridized carbons (Fsp3) is 0.212. The second-order valence-electron chi connectivity index (χ2n) is 10.0. The lowest BCUT2D eigenvalue weighted by atomic mass is 10.1. The van der Waals surface area contributed by atoms with Crippen LogP contribution in [-0.4, -0.2) is 25.4 Å². The van der Waals surface area contributed by atoms with Crippen LogP contribution in [0.3, 0.4) is 0 Å². The number of benzene rings is 3. The second-order valence-corrected chi connectivity index (χ2v) is 10.0. The van der Waals surface area contributed by atoms with Crippen molar-refractivity contribution in [2.24, 2.45) is 0 Å². The first kappa shape index (κ1) is 29.3. The zero-order valence-corrected chi connectivity index (χ0v) is 24.4. The van der Waals surface area contributed by atoms with Crippen LogP contribution in [0, 0.1) is 20.8 Å². The van der Waals surface area contributed by atoms with Crippen molar-refractivity contribution in [3.63, 3.8) is 0 Å². The first-order valence-electron chi connectivity index (χ1n) is 13.4. The van der Waals surface area contributed by atoms with E-state index < -0.39 is 11.7 Å². The molecule has 3 heterocycles. The number of aliphatic hydroxyl groups is 1. The molecule has 3 aromatic carbocycles. The number of aryl methyl sites for hydroxylation is 3. The Kier molecular flexibility index (Phi) is 8.40. The predicted octanol–water partition coefficient (Wildman–Crippen LogP) is 7.16. The van der Waals surface area contributed by atoms with E-state index in [0.29, 0.717) is 45.5 Å². The number of hydrogen-bond acceptors (Lipinski definition) is 9. The summed E-state index contributed by atoms with van der Waals surface area (Å²) >= 11 is 0. The van der Waals surface area contributed by atoms with Crippen LogP contribution < -0.4 is 20.4 Å². The summed E-state index contributed by atoms with van der Waals surface area (Å²) in [5.41, 5.74) is 4.68. The number of carbonyl (C=O) groups excluding carboxylic acids is 1. The Labute approximate surface area is 246 Å². The van der Waals surface area contributed by atoms with Gasteiger partial charge in [0.15, 0.2) is 29.3 Å². The summed E-state index contributed by atoms with van der Waals surface area (Å²) in [6, 6.07) is 17.9. The van der Waals surface area contributed by atoms with E-state index in [9.17, 15) is 9.59 Å². The Hall–Kier alpha value is -5.22. The van der Waals surface area contributed by atoms with Gasteiger partial charge in [0.2, 0.25) is 0 Å². The van der Waals surface area contributed by atoms with Gasteiger partial charge in [0.1, 0.15) is 23.7 Å². The van der Waals surface area contributed by atoms with Gasteiger partial charge in [0.25, 0.3) is 0 Å². The normalized spacial score (nSPS) is 10.9. The van der Waals surface area contributed by atoms with Gasteiger partial charge >= 0.3 is 11.7 Å². The molecule has 0 aliphatic carbocycles. The summed E-state index contributed by atoms with van der Waals surface area (Å²) in [7, 11) is 3.18. The van der Waals surface area contributed by atoms with Crippen molar-refractivity contribution < 1.29 is 37.4 Å². The average Bonchev–Trinajstić information content (AvgIpc) is 3.58. The minimum atomic E-state index is -0.650. The number of carbonyl (C=O) groups is 1. The van der Waals surface area contributed by atoms with Crippen molar-refractivity contribution in [3.8, 4) is 11.5 Å². The molecule has 0 aliphatic rings. The Morgan fingerprint density at radius 3 is 2.00 bits per heavy atom. The van der Waals surface area contributed by atoms with Crippen molar-refractivity contribution in [2.45, 2.75) is 34.0 Å². The van der Waals surface area contributed by atoms with E-state index >= 15 is 0 Å². The number of furan rings is 2. The van der Waals surface area contributed by atoms with E-state index in [0.717, 1.165) is 32.8 Å². The third kappa shape index (κ3) is 6.49. The first-order valence-corrected chi connectivity index (χ1v) is 13.4. The van der Waals surface area contributed by atoms with Gasteiger partial charge in [-0.2, -0.15) is 0 Å². The van der Waals surface area contributed by atoms with Gasteiger partial charge in [0, 0.05) is 34.0 Å². The van der Waals surface area contributed by atoms with Crippen molar-refractivity contribution in [1.29, 1.82) is 0 Å². The summed E-state index contributed by atoms with van der Waals surface area (Å²) < 4.78 is 32.1. The maximum absolute atomic E-state index is 12.2. The Balaban J connectivity index is 0.000000220. The van der Waals surface area contributed by atoms with Crippen LogP contribution in [0.1, 0.15) is 28.2 Å². The van der Waals surface area contributed by atoms with Crippen molar-refractivity contribution >= 4 is 44.7 Å². The summed E-state index contributed by atoms with van der Waals surface area (Å²) in [5, 5.41) is 14.2.